The average molecular weight is 216 g/mol. The van der Waals surface area contributed by atoms with Crippen molar-refractivity contribution in [3.63, 3.8) is 0 Å². The van der Waals surface area contributed by atoms with Crippen LogP contribution in [0.3, 0.4) is 0 Å². The van der Waals surface area contributed by atoms with E-state index in [2.05, 4.69) is 12.2 Å². The summed E-state index contributed by atoms with van der Waals surface area (Å²) < 4.78 is 1.69. The average Bonchev–Trinajstić information content (AvgIpc) is 2.32. The number of anilines is 1. The molecule has 1 heterocycles. The van der Waals surface area contributed by atoms with Gasteiger partial charge in [0, 0.05) is 19.0 Å². The van der Waals surface area contributed by atoms with Gasteiger partial charge in [-0.3, -0.25) is 4.79 Å². The number of rotatable bonds is 3. The van der Waals surface area contributed by atoms with Gasteiger partial charge >= 0.3 is 0 Å². The van der Waals surface area contributed by atoms with Gasteiger partial charge in [0.05, 0.1) is 5.52 Å². The van der Waals surface area contributed by atoms with Crippen molar-refractivity contribution in [1.29, 1.82) is 0 Å². The predicted octanol–water partition coefficient (Wildman–Crippen LogP) is 2.36. The van der Waals surface area contributed by atoms with Gasteiger partial charge in [-0.2, -0.15) is 0 Å². The van der Waals surface area contributed by atoms with E-state index in [0.717, 1.165) is 23.9 Å². The van der Waals surface area contributed by atoms with Crippen molar-refractivity contribution >= 4 is 16.6 Å². The molecule has 0 atom stereocenters. The number of nitrogens with zero attached hydrogens (tertiary/aromatic N) is 1. The molecule has 0 aliphatic heterocycles. The molecule has 1 N–H and O–H groups in total. The van der Waals surface area contributed by atoms with E-state index < -0.39 is 0 Å². The summed E-state index contributed by atoms with van der Waals surface area (Å²) in [4.78, 5) is 12.0. The van der Waals surface area contributed by atoms with Crippen molar-refractivity contribution in [2.75, 3.05) is 11.9 Å². The minimum absolute atomic E-state index is 0.0344. The molecule has 0 saturated carbocycles. The Bertz CT molecular complexity index is 557. The third kappa shape index (κ3) is 1.81. The summed E-state index contributed by atoms with van der Waals surface area (Å²) in [6.45, 7) is 2.91. The van der Waals surface area contributed by atoms with E-state index in [1.807, 2.05) is 37.4 Å². The van der Waals surface area contributed by atoms with Gasteiger partial charge in [0.15, 0.2) is 0 Å². The van der Waals surface area contributed by atoms with E-state index in [1.54, 1.807) is 4.57 Å². The van der Waals surface area contributed by atoms with Gasteiger partial charge in [-0.25, -0.2) is 0 Å². The molecular weight excluding hydrogens is 200 g/mol. The molecule has 0 amide bonds. The van der Waals surface area contributed by atoms with Crippen molar-refractivity contribution < 1.29 is 0 Å². The Kier molecular flexibility index (Phi) is 2.95. The first-order valence-electron chi connectivity index (χ1n) is 5.56. The molecule has 1 aromatic carbocycles. The second-order valence-corrected chi connectivity index (χ2v) is 3.91. The normalized spacial score (nSPS) is 10.6. The predicted molar refractivity (Wildman–Crippen MR) is 68.0 cm³/mol. The molecule has 3 nitrogen and oxygen atoms in total. The van der Waals surface area contributed by atoms with Crippen LogP contribution in [0.25, 0.3) is 10.9 Å². The van der Waals surface area contributed by atoms with Crippen LogP contribution in [0.2, 0.25) is 0 Å². The van der Waals surface area contributed by atoms with Crippen molar-refractivity contribution in [2.45, 2.75) is 13.3 Å². The van der Waals surface area contributed by atoms with E-state index >= 15 is 0 Å². The smallest absolute Gasteiger partial charge is 0.274 e. The molecule has 0 aliphatic carbocycles. The highest BCUT2D eigenvalue weighted by Crippen LogP contribution is 2.14. The maximum Gasteiger partial charge on any atom is 0.274 e. The number of nitrogens with one attached hydrogen (secondary N) is 1. The van der Waals surface area contributed by atoms with Gasteiger partial charge in [0.2, 0.25) is 0 Å². The van der Waals surface area contributed by atoms with Crippen LogP contribution in [0.5, 0.6) is 0 Å². The second kappa shape index (κ2) is 4.39. The van der Waals surface area contributed by atoms with Crippen LogP contribution in [0.1, 0.15) is 13.3 Å². The second-order valence-electron chi connectivity index (χ2n) is 3.91. The van der Waals surface area contributed by atoms with Gasteiger partial charge in [-0.05, 0) is 18.6 Å². The fourth-order valence-electron chi connectivity index (χ4n) is 1.81. The molecule has 0 unspecified atom stereocenters. The van der Waals surface area contributed by atoms with E-state index in [4.69, 9.17) is 0 Å². The lowest BCUT2D eigenvalue weighted by Gasteiger charge is -2.09. The Hall–Kier alpha value is -1.77. The lowest BCUT2D eigenvalue weighted by molar-refractivity contribution is 0.897. The highest BCUT2D eigenvalue weighted by atomic mass is 16.1. The number of pyridine rings is 1. The van der Waals surface area contributed by atoms with E-state index in [0.29, 0.717) is 5.69 Å². The monoisotopic (exact) mass is 216 g/mol. The quantitative estimate of drug-likeness (QED) is 0.854. The molecule has 0 radical (unpaired) electrons. The zero-order valence-electron chi connectivity index (χ0n) is 9.66. The van der Waals surface area contributed by atoms with Gasteiger partial charge in [-0.1, -0.05) is 25.1 Å². The first-order valence-corrected chi connectivity index (χ1v) is 5.56. The number of fused-ring (bicyclic) bond motifs is 1. The van der Waals surface area contributed by atoms with Crippen LogP contribution in [-0.4, -0.2) is 11.1 Å². The summed E-state index contributed by atoms with van der Waals surface area (Å²) >= 11 is 0. The number of para-hydroxylation sites is 1. The summed E-state index contributed by atoms with van der Waals surface area (Å²) in [5.74, 6) is 0. The zero-order valence-corrected chi connectivity index (χ0v) is 9.66. The maximum atomic E-state index is 12.0. The highest BCUT2D eigenvalue weighted by Gasteiger charge is 2.04. The van der Waals surface area contributed by atoms with Crippen LogP contribution < -0.4 is 10.9 Å². The number of aromatic nitrogens is 1. The Labute approximate surface area is 94.7 Å². The summed E-state index contributed by atoms with van der Waals surface area (Å²) in [7, 11) is 1.81. The van der Waals surface area contributed by atoms with Gasteiger partial charge in [0.1, 0.15) is 5.69 Å². The Morgan fingerprint density at radius 1 is 1.31 bits per heavy atom. The fourth-order valence-corrected chi connectivity index (χ4v) is 1.81. The van der Waals surface area contributed by atoms with E-state index in [9.17, 15) is 4.79 Å². The Morgan fingerprint density at radius 3 is 2.81 bits per heavy atom. The molecule has 3 heteroatoms. The standard InChI is InChI=1S/C13H16N2O/c1-3-8-14-11-9-10-6-4-5-7-12(10)15(2)13(11)16/h4-7,9,14H,3,8H2,1-2H3. The van der Waals surface area contributed by atoms with Gasteiger partial charge < -0.3 is 9.88 Å². The SMILES string of the molecule is CCCNc1cc2ccccc2n(C)c1=O. The molecule has 16 heavy (non-hydrogen) atoms. The lowest BCUT2D eigenvalue weighted by Crippen LogP contribution is -2.21. The summed E-state index contributed by atoms with van der Waals surface area (Å²) in [6.07, 6.45) is 1.01. The van der Waals surface area contributed by atoms with Gasteiger partial charge in [-0.15, -0.1) is 0 Å². The molecule has 0 aliphatic rings. The molecular formula is C13H16N2O. The van der Waals surface area contributed by atoms with Crippen LogP contribution in [0.15, 0.2) is 35.1 Å². The largest absolute Gasteiger partial charge is 0.381 e. The highest BCUT2D eigenvalue weighted by molar-refractivity contribution is 5.82. The van der Waals surface area contributed by atoms with Crippen LogP contribution in [-0.2, 0) is 7.05 Å². The van der Waals surface area contributed by atoms with Gasteiger partial charge in [0.25, 0.3) is 5.56 Å². The third-order valence-electron chi connectivity index (χ3n) is 2.70. The molecule has 84 valence electrons. The van der Waals surface area contributed by atoms with E-state index in [1.165, 1.54) is 0 Å². The zero-order chi connectivity index (χ0) is 11.5. The number of hydrogen-bond donors (Lipinski definition) is 1. The first-order chi connectivity index (χ1) is 7.74. The first kappa shape index (κ1) is 10.7. The summed E-state index contributed by atoms with van der Waals surface area (Å²) in [5, 5.41) is 4.25. The van der Waals surface area contributed by atoms with Crippen molar-refractivity contribution in [3.05, 3.63) is 40.7 Å². The number of benzene rings is 1. The summed E-state index contributed by atoms with van der Waals surface area (Å²) in [5.41, 5.74) is 1.68. The third-order valence-corrected chi connectivity index (χ3v) is 2.70. The number of aryl methyl sites for hydroxylation is 1. The minimum atomic E-state index is 0.0344. The van der Waals surface area contributed by atoms with Crippen LogP contribution >= 0.6 is 0 Å². The Balaban J connectivity index is 2.60. The van der Waals surface area contributed by atoms with E-state index in [-0.39, 0.29) is 5.56 Å². The lowest BCUT2D eigenvalue weighted by atomic mass is 10.2. The number of hydrogen-bond acceptors (Lipinski definition) is 2. The molecule has 0 spiro atoms. The van der Waals surface area contributed by atoms with Crippen molar-refractivity contribution in [2.24, 2.45) is 7.05 Å². The molecule has 2 rings (SSSR count). The Morgan fingerprint density at radius 2 is 2.06 bits per heavy atom. The fraction of sp³-hybridized carbons (Fsp3) is 0.308. The minimum Gasteiger partial charge on any atom is -0.381 e. The van der Waals surface area contributed by atoms with Crippen LogP contribution in [0, 0.1) is 0 Å². The molecule has 0 saturated heterocycles. The molecule has 0 fully saturated rings. The molecule has 0 bridgehead atoms. The molecule has 1 aromatic heterocycles. The summed E-state index contributed by atoms with van der Waals surface area (Å²) in [6, 6.07) is 9.83. The topological polar surface area (TPSA) is 34.0 Å². The van der Waals surface area contributed by atoms with Crippen molar-refractivity contribution in [1.82, 2.24) is 4.57 Å². The maximum absolute atomic E-state index is 12.0. The van der Waals surface area contributed by atoms with Crippen LogP contribution in [0.4, 0.5) is 5.69 Å². The molecule has 2 aromatic rings. The van der Waals surface area contributed by atoms with Crippen molar-refractivity contribution in [3.8, 4) is 0 Å².